The average molecular weight is 266 g/mol. The Morgan fingerprint density at radius 2 is 2.05 bits per heavy atom. The minimum absolute atomic E-state index is 0.128. The van der Waals surface area contributed by atoms with Gasteiger partial charge in [-0.2, -0.15) is 0 Å². The number of rotatable bonds is 6. The number of benzene rings is 1. The third kappa shape index (κ3) is 3.96. The number of carboxylic acids is 1. The van der Waals surface area contributed by atoms with E-state index in [1.807, 2.05) is 6.92 Å². The van der Waals surface area contributed by atoms with Crippen LogP contribution in [0.5, 0.6) is 0 Å². The number of hydrogen-bond acceptors (Lipinski definition) is 5. The Balaban J connectivity index is 3.00. The second-order valence-electron chi connectivity index (χ2n) is 4.05. The van der Waals surface area contributed by atoms with E-state index in [0.717, 1.165) is 16.8 Å². The SMILES string of the molecule is CNc1cc(C(=O)OC)cc(CNCC(=O)O)c1C. The number of carbonyl (C=O) groups excluding carboxylic acids is 1. The van der Waals surface area contributed by atoms with Crippen LogP contribution in [0.2, 0.25) is 0 Å². The number of aliphatic carboxylic acids is 1. The van der Waals surface area contributed by atoms with Crippen molar-refractivity contribution in [3.8, 4) is 0 Å². The summed E-state index contributed by atoms with van der Waals surface area (Å²) < 4.78 is 4.69. The molecule has 0 saturated heterocycles. The van der Waals surface area contributed by atoms with Crippen molar-refractivity contribution in [2.45, 2.75) is 13.5 Å². The number of esters is 1. The first-order chi connectivity index (χ1) is 8.99. The lowest BCUT2D eigenvalue weighted by Gasteiger charge is -2.13. The van der Waals surface area contributed by atoms with Crippen molar-refractivity contribution in [2.75, 3.05) is 26.0 Å². The molecule has 104 valence electrons. The molecule has 0 aliphatic rings. The van der Waals surface area contributed by atoms with E-state index in [-0.39, 0.29) is 6.54 Å². The van der Waals surface area contributed by atoms with Crippen LogP contribution in [0.4, 0.5) is 5.69 Å². The maximum atomic E-state index is 11.6. The van der Waals surface area contributed by atoms with E-state index in [2.05, 4.69) is 10.6 Å². The van der Waals surface area contributed by atoms with Crippen molar-refractivity contribution < 1.29 is 19.4 Å². The van der Waals surface area contributed by atoms with Crippen LogP contribution in [-0.2, 0) is 16.1 Å². The molecule has 1 aromatic rings. The van der Waals surface area contributed by atoms with Crippen molar-refractivity contribution in [2.24, 2.45) is 0 Å². The molecular weight excluding hydrogens is 248 g/mol. The lowest BCUT2D eigenvalue weighted by Crippen LogP contribution is -2.22. The van der Waals surface area contributed by atoms with E-state index in [9.17, 15) is 9.59 Å². The van der Waals surface area contributed by atoms with Gasteiger partial charge in [-0.1, -0.05) is 0 Å². The molecule has 6 heteroatoms. The number of carbonyl (C=O) groups is 2. The van der Waals surface area contributed by atoms with Crippen molar-refractivity contribution in [3.05, 3.63) is 28.8 Å². The van der Waals surface area contributed by atoms with Gasteiger partial charge in [0.05, 0.1) is 19.2 Å². The molecule has 0 aromatic heterocycles. The van der Waals surface area contributed by atoms with E-state index in [1.54, 1.807) is 19.2 Å². The molecule has 0 heterocycles. The van der Waals surface area contributed by atoms with Crippen molar-refractivity contribution >= 4 is 17.6 Å². The van der Waals surface area contributed by atoms with Crippen LogP contribution >= 0.6 is 0 Å². The summed E-state index contributed by atoms with van der Waals surface area (Å²) in [6.45, 7) is 2.15. The Bertz CT molecular complexity index is 486. The second-order valence-corrected chi connectivity index (χ2v) is 4.05. The molecule has 6 nitrogen and oxygen atoms in total. The topological polar surface area (TPSA) is 87.7 Å². The normalized spacial score (nSPS) is 10.1. The molecule has 1 aromatic carbocycles. The number of ether oxygens (including phenoxy) is 1. The monoisotopic (exact) mass is 266 g/mol. The third-order valence-corrected chi connectivity index (χ3v) is 2.80. The highest BCUT2D eigenvalue weighted by Gasteiger charge is 2.12. The van der Waals surface area contributed by atoms with E-state index >= 15 is 0 Å². The summed E-state index contributed by atoms with van der Waals surface area (Å²) in [7, 11) is 3.08. The van der Waals surface area contributed by atoms with Gasteiger partial charge in [0.25, 0.3) is 0 Å². The van der Waals surface area contributed by atoms with Crippen molar-refractivity contribution in [1.82, 2.24) is 5.32 Å². The van der Waals surface area contributed by atoms with Gasteiger partial charge in [-0.3, -0.25) is 4.79 Å². The zero-order chi connectivity index (χ0) is 14.4. The molecule has 0 fully saturated rings. The molecule has 0 aliphatic heterocycles. The van der Waals surface area contributed by atoms with Gasteiger partial charge in [-0.05, 0) is 30.2 Å². The van der Waals surface area contributed by atoms with Gasteiger partial charge < -0.3 is 20.5 Å². The summed E-state index contributed by atoms with van der Waals surface area (Å²) in [6, 6.07) is 3.42. The van der Waals surface area contributed by atoms with Crippen LogP contribution in [0.15, 0.2) is 12.1 Å². The van der Waals surface area contributed by atoms with E-state index in [4.69, 9.17) is 9.84 Å². The molecule has 0 unspecified atom stereocenters. The first kappa shape index (κ1) is 15.0. The van der Waals surface area contributed by atoms with Gasteiger partial charge in [0.15, 0.2) is 0 Å². The predicted molar refractivity (Wildman–Crippen MR) is 71.4 cm³/mol. The fraction of sp³-hybridized carbons (Fsp3) is 0.385. The fourth-order valence-corrected chi connectivity index (χ4v) is 1.76. The van der Waals surface area contributed by atoms with Gasteiger partial charge in [0.2, 0.25) is 0 Å². The summed E-state index contributed by atoms with van der Waals surface area (Å²) >= 11 is 0. The smallest absolute Gasteiger partial charge is 0.337 e. The highest BCUT2D eigenvalue weighted by molar-refractivity contribution is 5.91. The van der Waals surface area contributed by atoms with Gasteiger partial charge in [-0.15, -0.1) is 0 Å². The minimum atomic E-state index is -0.921. The number of hydrogen-bond donors (Lipinski definition) is 3. The quantitative estimate of drug-likeness (QED) is 0.666. The largest absolute Gasteiger partial charge is 0.480 e. The molecule has 19 heavy (non-hydrogen) atoms. The van der Waals surface area contributed by atoms with E-state index < -0.39 is 11.9 Å². The summed E-state index contributed by atoms with van der Waals surface area (Å²) in [6.07, 6.45) is 0. The predicted octanol–water partition coefficient (Wildman–Crippen LogP) is 0.998. The first-order valence-electron chi connectivity index (χ1n) is 5.81. The second kappa shape index (κ2) is 6.75. The summed E-state index contributed by atoms with van der Waals surface area (Å²) in [5.41, 5.74) is 3.07. The van der Waals surface area contributed by atoms with Crippen LogP contribution in [-0.4, -0.2) is 37.7 Å². The van der Waals surface area contributed by atoms with Crippen LogP contribution in [0, 0.1) is 6.92 Å². The Labute approximate surface area is 111 Å². The molecule has 0 spiro atoms. The lowest BCUT2D eigenvalue weighted by molar-refractivity contribution is -0.136. The number of carboxylic acid groups (broad SMARTS) is 1. The first-order valence-corrected chi connectivity index (χ1v) is 5.81. The maximum Gasteiger partial charge on any atom is 0.337 e. The standard InChI is InChI=1S/C13H18N2O4/c1-8-10(6-15-7-12(16)17)4-9(13(18)19-3)5-11(8)14-2/h4-5,14-15H,6-7H2,1-3H3,(H,16,17). The average Bonchev–Trinajstić information content (AvgIpc) is 2.39. The van der Waals surface area contributed by atoms with E-state index in [1.165, 1.54) is 7.11 Å². The zero-order valence-electron chi connectivity index (χ0n) is 11.2. The number of nitrogens with one attached hydrogen (secondary N) is 2. The Morgan fingerprint density at radius 1 is 1.37 bits per heavy atom. The highest BCUT2D eigenvalue weighted by Crippen LogP contribution is 2.22. The Kier molecular flexibility index (Phi) is 5.32. The molecule has 0 amide bonds. The molecule has 3 N–H and O–H groups in total. The minimum Gasteiger partial charge on any atom is -0.480 e. The molecule has 0 saturated carbocycles. The van der Waals surface area contributed by atoms with Gasteiger partial charge in [0.1, 0.15) is 0 Å². The van der Waals surface area contributed by atoms with Crippen LogP contribution in [0.1, 0.15) is 21.5 Å². The van der Waals surface area contributed by atoms with Crippen molar-refractivity contribution in [1.29, 1.82) is 0 Å². The third-order valence-electron chi connectivity index (χ3n) is 2.80. The summed E-state index contributed by atoms with van der Waals surface area (Å²) in [5, 5.41) is 14.4. The summed E-state index contributed by atoms with van der Waals surface area (Å²) in [5.74, 6) is -1.34. The number of anilines is 1. The van der Waals surface area contributed by atoms with E-state index in [0.29, 0.717) is 12.1 Å². The van der Waals surface area contributed by atoms with Crippen LogP contribution in [0.25, 0.3) is 0 Å². The van der Waals surface area contributed by atoms with Crippen LogP contribution < -0.4 is 10.6 Å². The molecule has 0 bridgehead atoms. The van der Waals surface area contributed by atoms with Crippen molar-refractivity contribution in [3.63, 3.8) is 0 Å². The molecule has 0 radical (unpaired) electrons. The molecule has 1 rings (SSSR count). The van der Waals surface area contributed by atoms with Gasteiger partial charge in [0, 0.05) is 19.3 Å². The molecule has 0 aliphatic carbocycles. The number of methoxy groups -OCH3 is 1. The Morgan fingerprint density at radius 3 is 2.58 bits per heavy atom. The lowest BCUT2D eigenvalue weighted by atomic mass is 10.0. The Hall–Kier alpha value is -2.08. The van der Waals surface area contributed by atoms with Gasteiger partial charge in [-0.25, -0.2) is 4.79 Å². The summed E-state index contributed by atoms with van der Waals surface area (Å²) in [4.78, 5) is 22.0. The van der Waals surface area contributed by atoms with Crippen LogP contribution in [0.3, 0.4) is 0 Å². The van der Waals surface area contributed by atoms with Gasteiger partial charge >= 0.3 is 11.9 Å². The fourth-order valence-electron chi connectivity index (χ4n) is 1.76. The highest BCUT2D eigenvalue weighted by atomic mass is 16.5. The zero-order valence-corrected chi connectivity index (χ0v) is 11.2. The molecular formula is C13H18N2O4. The molecule has 0 atom stereocenters. The maximum absolute atomic E-state index is 11.6.